The molecule has 0 aromatic heterocycles. The summed E-state index contributed by atoms with van der Waals surface area (Å²) in [5.41, 5.74) is -1.53. The summed E-state index contributed by atoms with van der Waals surface area (Å²) < 4.78 is 23.3. The highest BCUT2D eigenvalue weighted by molar-refractivity contribution is 6.53. The largest absolute Gasteiger partial charge is 0.524 e. The molecule has 0 aromatic rings. The minimum absolute atomic E-state index is 0.479. The van der Waals surface area contributed by atoms with Crippen LogP contribution < -0.4 is 0 Å². The van der Waals surface area contributed by atoms with Gasteiger partial charge in [0, 0.05) is 0 Å². The molecule has 0 aliphatic carbocycles. The predicted molar refractivity (Wildman–Crippen MR) is 46.3 cm³/mol. The molecule has 2 nitrogen and oxygen atoms in total. The molecular formula is C8H14BFO2. The summed E-state index contributed by atoms with van der Waals surface area (Å²) in [5.74, 6) is 0. The number of hydrogen-bond acceptors (Lipinski definition) is 2. The van der Waals surface area contributed by atoms with E-state index in [9.17, 15) is 4.39 Å². The average Bonchev–Trinajstić information content (AvgIpc) is 2.03. The molecule has 1 aliphatic rings. The van der Waals surface area contributed by atoms with Gasteiger partial charge in [0.1, 0.15) is 5.73 Å². The molecule has 1 rings (SSSR count). The van der Waals surface area contributed by atoms with Gasteiger partial charge in [-0.3, -0.25) is 0 Å². The van der Waals surface area contributed by atoms with Crippen molar-refractivity contribution in [1.29, 1.82) is 0 Å². The van der Waals surface area contributed by atoms with Gasteiger partial charge in [0.2, 0.25) is 0 Å². The summed E-state index contributed by atoms with van der Waals surface area (Å²) in [7, 11) is -0.907. The summed E-state index contributed by atoms with van der Waals surface area (Å²) in [5, 5.41) is 0. The molecule has 0 amide bonds. The monoisotopic (exact) mass is 172 g/mol. The van der Waals surface area contributed by atoms with Crippen LogP contribution >= 0.6 is 0 Å². The second kappa shape index (κ2) is 2.57. The van der Waals surface area contributed by atoms with Gasteiger partial charge >= 0.3 is 7.12 Å². The van der Waals surface area contributed by atoms with E-state index in [0.29, 0.717) is 0 Å². The fourth-order valence-corrected chi connectivity index (χ4v) is 0.971. The van der Waals surface area contributed by atoms with Crippen molar-refractivity contribution in [2.24, 2.45) is 0 Å². The Morgan fingerprint density at radius 1 is 1.17 bits per heavy atom. The zero-order valence-corrected chi connectivity index (χ0v) is 7.98. The number of hydrogen-bond donors (Lipinski definition) is 0. The maximum atomic E-state index is 12.6. The quantitative estimate of drug-likeness (QED) is 0.563. The molecule has 4 heteroatoms. The highest BCUT2D eigenvalue weighted by Gasteiger charge is 2.52. The van der Waals surface area contributed by atoms with E-state index in [1.807, 2.05) is 27.7 Å². The Balaban J connectivity index is 2.81. The Labute approximate surface area is 72.9 Å². The van der Waals surface area contributed by atoms with Crippen LogP contribution in [0.2, 0.25) is 0 Å². The van der Waals surface area contributed by atoms with E-state index in [0.717, 1.165) is 0 Å². The molecule has 0 bridgehead atoms. The molecule has 12 heavy (non-hydrogen) atoms. The van der Waals surface area contributed by atoms with Gasteiger partial charge in [-0.2, -0.15) is 0 Å². The zero-order chi connectivity index (χ0) is 9.57. The summed E-state index contributed by atoms with van der Waals surface area (Å²) in [4.78, 5) is 0. The second-order valence-electron chi connectivity index (χ2n) is 4.04. The molecule has 0 spiro atoms. The molecule has 0 aromatic carbocycles. The number of rotatable bonds is 1. The van der Waals surface area contributed by atoms with Crippen LogP contribution in [0.3, 0.4) is 0 Å². The van der Waals surface area contributed by atoms with E-state index < -0.39 is 24.0 Å². The van der Waals surface area contributed by atoms with Crippen LogP contribution in [0, 0.1) is 0 Å². The molecule has 0 atom stereocenters. The normalized spacial score (nSPS) is 25.9. The van der Waals surface area contributed by atoms with Crippen molar-refractivity contribution in [2.45, 2.75) is 38.9 Å². The van der Waals surface area contributed by atoms with Crippen molar-refractivity contribution < 1.29 is 13.7 Å². The average molecular weight is 172 g/mol. The summed E-state index contributed by atoms with van der Waals surface area (Å²) in [6.45, 7) is 10.6. The molecule has 0 N–H and O–H groups in total. The van der Waals surface area contributed by atoms with Crippen LogP contribution in [0.15, 0.2) is 12.3 Å². The third-order valence-corrected chi connectivity index (χ3v) is 2.51. The lowest BCUT2D eigenvalue weighted by molar-refractivity contribution is 0.00578. The van der Waals surface area contributed by atoms with Crippen molar-refractivity contribution >= 4 is 7.12 Å². The fourth-order valence-electron chi connectivity index (χ4n) is 0.971. The Bertz CT molecular complexity index is 197. The van der Waals surface area contributed by atoms with E-state index in [1.54, 1.807) is 0 Å². The lowest BCUT2D eigenvalue weighted by Crippen LogP contribution is -2.41. The molecule has 0 radical (unpaired) electrons. The summed E-state index contributed by atoms with van der Waals surface area (Å²) in [6, 6.07) is 0. The minimum Gasteiger partial charge on any atom is -0.398 e. The third-order valence-electron chi connectivity index (χ3n) is 2.51. The van der Waals surface area contributed by atoms with Crippen molar-refractivity contribution in [3.63, 3.8) is 0 Å². The van der Waals surface area contributed by atoms with Gasteiger partial charge < -0.3 is 9.31 Å². The van der Waals surface area contributed by atoms with Gasteiger partial charge in [0.25, 0.3) is 0 Å². The zero-order valence-electron chi connectivity index (χ0n) is 7.98. The fraction of sp³-hybridized carbons (Fsp3) is 0.750. The lowest BCUT2D eigenvalue weighted by Gasteiger charge is -2.32. The maximum absolute atomic E-state index is 12.6. The van der Waals surface area contributed by atoms with Crippen molar-refractivity contribution in [2.75, 3.05) is 0 Å². The van der Waals surface area contributed by atoms with Crippen LogP contribution in [0.5, 0.6) is 0 Å². The Hall–Kier alpha value is -0.345. The van der Waals surface area contributed by atoms with Gasteiger partial charge in [-0.05, 0) is 27.7 Å². The molecule has 1 heterocycles. The molecule has 1 saturated heterocycles. The first-order valence-corrected chi connectivity index (χ1v) is 3.96. The van der Waals surface area contributed by atoms with E-state index in [1.165, 1.54) is 0 Å². The lowest BCUT2D eigenvalue weighted by atomic mass is 9.89. The van der Waals surface area contributed by atoms with Gasteiger partial charge in [0.15, 0.2) is 0 Å². The molecule has 1 fully saturated rings. The van der Waals surface area contributed by atoms with Gasteiger partial charge in [-0.25, -0.2) is 4.39 Å². The van der Waals surface area contributed by atoms with Crippen molar-refractivity contribution in [3.05, 3.63) is 12.3 Å². The highest BCUT2D eigenvalue weighted by Crippen LogP contribution is 2.38. The van der Waals surface area contributed by atoms with E-state index in [-0.39, 0.29) is 0 Å². The first kappa shape index (κ1) is 9.74. The smallest absolute Gasteiger partial charge is 0.398 e. The Morgan fingerprint density at radius 3 is 1.67 bits per heavy atom. The topological polar surface area (TPSA) is 18.5 Å². The molecule has 0 unspecified atom stereocenters. The first-order chi connectivity index (χ1) is 5.26. The molecule has 0 saturated carbocycles. The van der Waals surface area contributed by atoms with Crippen LogP contribution in [0.4, 0.5) is 4.39 Å². The van der Waals surface area contributed by atoms with Gasteiger partial charge in [-0.15, -0.1) is 0 Å². The SMILES string of the molecule is C=C(F)B1OC(C)(C)C(C)(C)O1. The van der Waals surface area contributed by atoms with E-state index >= 15 is 0 Å². The minimum atomic E-state index is -0.907. The standard InChI is InChI=1S/C8H14BFO2/c1-6(10)9-11-7(2,3)8(4,5)12-9/h1H2,2-5H3. The Kier molecular flexibility index (Phi) is 2.09. The molecular weight excluding hydrogens is 158 g/mol. The van der Waals surface area contributed by atoms with Crippen LogP contribution in [-0.2, 0) is 9.31 Å². The summed E-state index contributed by atoms with van der Waals surface area (Å²) in [6.07, 6.45) is 0. The Morgan fingerprint density at radius 2 is 1.50 bits per heavy atom. The maximum Gasteiger partial charge on any atom is 0.524 e. The highest BCUT2D eigenvalue weighted by atomic mass is 19.1. The summed E-state index contributed by atoms with van der Waals surface area (Å²) >= 11 is 0. The predicted octanol–water partition coefficient (Wildman–Crippen LogP) is 2.10. The van der Waals surface area contributed by atoms with E-state index in [4.69, 9.17) is 9.31 Å². The van der Waals surface area contributed by atoms with Crippen molar-refractivity contribution in [3.8, 4) is 0 Å². The number of halogens is 1. The van der Waals surface area contributed by atoms with Crippen LogP contribution in [-0.4, -0.2) is 18.3 Å². The van der Waals surface area contributed by atoms with Crippen LogP contribution in [0.25, 0.3) is 0 Å². The second-order valence-corrected chi connectivity index (χ2v) is 4.04. The molecule has 68 valence electrons. The molecule has 1 aliphatic heterocycles. The van der Waals surface area contributed by atoms with Crippen molar-refractivity contribution in [1.82, 2.24) is 0 Å². The van der Waals surface area contributed by atoms with Gasteiger partial charge in [-0.1, -0.05) is 6.58 Å². The van der Waals surface area contributed by atoms with E-state index in [2.05, 4.69) is 6.58 Å². The van der Waals surface area contributed by atoms with Gasteiger partial charge in [0.05, 0.1) is 11.2 Å². The van der Waals surface area contributed by atoms with Crippen LogP contribution in [0.1, 0.15) is 27.7 Å². The first-order valence-electron chi connectivity index (χ1n) is 3.96. The third kappa shape index (κ3) is 1.41.